The van der Waals surface area contributed by atoms with Crippen LogP contribution in [0.4, 0.5) is 5.13 Å². The van der Waals surface area contributed by atoms with Crippen molar-refractivity contribution in [2.75, 3.05) is 17.8 Å². The Morgan fingerprint density at radius 3 is 2.96 bits per heavy atom. The Morgan fingerprint density at radius 1 is 1.30 bits per heavy atom. The molecule has 1 aromatic heterocycles. The monoisotopic (exact) mass is 405 g/mol. The van der Waals surface area contributed by atoms with Crippen molar-refractivity contribution in [3.8, 4) is 0 Å². The molecule has 5 nitrogen and oxygen atoms in total. The number of aromatic nitrogens is 1. The van der Waals surface area contributed by atoms with Crippen molar-refractivity contribution in [3.63, 3.8) is 0 Å². The van der Waals surface area contributed by atoms with E-state index in [1.807, 2.05) is 29.4 Å². The second-order valence-electron chi connectivity index (χ2n) is 5.94. The SMILES string of the molecule is CCCCCCSc1ccccc1C=NNc1nc(CC(=O)OCC)cs1. The zero-order valence-corrected chi connectivity index (χ0v) is 17.6. The Labute approximate surface area is 169 Å². The molecular weight excluding hydrogens is 378 g/mol. The van der Waals surface area contributed by atoms with Gasteiger partial charge in [-0.3, -0.25) is 10.2 Å². The second-order valence-corrected chi connectivity index (χ2v) is 7.94. The van der Waals surface area contributed by atoms with Crippen LogP contribution in [0.15, 0.2) is 39.6 Å². The molecule has 0 saturated heterocycles. The molecule has 7 heteroatoms. The highest BCUT2D eigenvalue weighted by molar-refractivity contribution is 7.99. The number of esters is 1. The van der Waals surface area contributed by atoms with Gasteiger partial charge in [-0.15, -0.1) is 23.1 Å². The van der Waals surface area contributed by atoms with Gasteiger partial charge < -0.3 is 4.74 Å². The zero-order chi connectivity index (χ0) is 19.3. The Balaban J connectivity index is 1.85. The number of nitrogens with zero attached hydrogens (tertiary/aromatic N) is 2. The molecule has 0 amide bonds. The molecule has 1 aromatic carbocycles. The largest absolute Gasteiger partial charge is 0.466 e. The van der Waals surface area contributed by atoms with Gasteiger partial charge >= 0.3 is 5.97 Å². The van der Waals surface area contributed by atoms with Gasteiger partial charge in [-0.2, -0.15) is 5.10 Å². The summed E-state index contributed by atoms with van der Waals surface area (Å²) in [6, 6.07) is 8.27. The molecule has 0 fully saturated rings. The third-order valence-electron chi connectivity index (χ3n) is 3.72. The fourth-order valence-electron chi connectivity index (χ4n) is 2.39. The van der Waals surface area contributed by atoms with E-state index in [0.717, 1.165) is 11.3 Å². The molecule has 0 spiro atoms. The molecule has 0 aliphatic heterocycles. The summed E-state index contributed by atoms with van der Waals surface area (Å²) in [5, 5.41) is 6.81. The number of hydrogen-bond acceptors (Lipinski definition) is 7. The summed E-state index contributed by atoms with van der Waals surface area (Å²) < 4.78 is 4.93. The van der Waals surface area contributed by atoms with Gasteiger partial charge in [0.15, 0.2) is 0 Å². The first-order chi connectivity index (χ1) is 13.2. The summed E-state index contributed by atoms with van der Waals surface area (Å²) >= 11 is 3.30. The van der Waals surface area contributed by atoms with Crippen LogP contribution in [-0.2, 0) is 16.0 Å². The van der Waals surface area contributed by atoms with E-state index < -0.39 is 0 Å². The first-order valence-corrected chi connectivity index (χ1v) is 11.2. The zero-order valence-electron chi connectivity index (χ0n) is 15.9. The van der Waals surface area contributed by atoms with Crippen molar-refractivity contribution in [2.24, 2.45) is 5.10 Å². The molecule has 0 atom stereocenters. The van der Waals surface area contributed by atoms with E-state index >= 15 is 0 Å². The van der Waals surface area contributed by atoms with Gasteiger partial charge in [0.2, 0.25) is 5.13 Å². The maximum atomic E-state index is 11.5. The van der Waals surface area contributed by atoms with E-state index in [1.165, 1.54) is 41.9 Å². The Bertz CT molecular complexity index is 732. The molecule has 1 heterocycles. The van der Waals surface area contributed by atoms with Gasteiger partial charge in [0.05, 0.1) is 24.9 Å². The number of anilines is 1. The van der Waals surface area contributed by atoms with Gasteiger partial charge in [0.1, 0.15) is 0 Å². The summed E-state index contributed by atoms with van der Waals surface area (Å²) in [6.07, 6.45) is 7.11. The van der Waals surface area contributed by atoms with Gasteiger partial charge in [-0.25, -0.2) is 4.98 Å². The standard InChI is InChI=1S/C20H27N3O2S2/c1-3-5-6-9-12-26-18-11-8-7-10-16(18)14-21-23-20-22-17(15-27-20)13-19(24)25-4-2/h7-8,10-11,14-15H,3-6,9,12-13H2,1-2H3,(H,22,23). The van der Waals surface area contributed by atoms with Crippen molar-refractivity contribution >= 4 is 40.4 Å². The average molecular weight is 406 g/mol. The van der Waals surface area contributed by atoms with Crippen molar-refractivity contribution in [2.45, 2.75) is 50.8 Å². The molecule has 0 aliphatic carbocycles. The van der Waals surface area contributed by atoms with E-state index in [1.54, 1.807) is 6.92 Å². The topological polar surface area (TPSA) is 63.6 Å². The van der Waals surface area contributed by atoms with Crippen LogP contribution in [0.3, 0.4) is 0 Å². The van der Waals surface area contributed by atoms with E-state index in [2.05, 4.69) is 40.6 Å². The number of ether oxygens (including phenoxy) is 1. The lowest BCUT2D eigenvalue weighted by molar-refractivity contribution is -0.142. The lowest BCUT2D eigenvalue weighted by Crippen LogP contribution is -2.07. The van der Waals surface area contributed by atoms with Crippen LogP contribution in [-0.4, -0.2) is 29.5 Å². The Hall–Kier alpha value is -1.86. The number of benzene rings is 1. The molecule has 0 bridgehead atoms. The smallest absolute Gasteiger partial charge is 0.311 e. The van der Waals surface area contributed by atoms with Crippen LogP contribution in [0, 0.1) is 0 Å². The number of unbranched alkanes of at least 4 members (excludes halogenated alkanes) is 3. The number of carbonyl (C=O) groups is 1. The number of thioether (sulfide) groups is 1. The van der Waals surface area contributed by atoms with E-state index in [-0.39, 0.29) is 12.4 Å². The van der Waals surface area contributed by atoms with Crippen LogP contribution in [0.5, 0.6) is 0 Å². The lowest BCUT2D eigenvalue weighted by atomic mass is 10.2. The van der Waals surface area contributed by atoms with Crippen LogP contribution >= 0.6 is 23.1 Å². The van der Waals surface area contributed by atoms with Crippen LogP contribution in [0.1, 0.15) is 50.8 Å². The molecule has 0 aliphatic rings. The molecule has 2 rings (SSSR count). The van der Waals surface area contributed by atoms with E-state index in [0.29, 0.717) is 17.4 Å². The number of thiazole rings is 1. The third kappa shape index (κ3) is 8.13. The Morgan fingerprint density at radius 2 is 2.15 bits per heavy atom. The summed E-state index contributed by atoms with van der Waals surface area (Å²) in [7, 11) is 0. The molecular formula is C20H27N3O2S2. The highest BCUT2D eigenvalue weighted by atomic mass is 32.2. The summed E-state index contributed by atoms with van der Waals surface area (Å²) in [5.74, 6) is 0.866. The van der Waals surface area contributed by atoms with Gasteiger partial charge in [0.25, 0.3) is 0 Å². The average Bonchev–Trinajstić information content (AvgIpc) is 3.10. The quantitative estimate of drug-likeness (QED) is 0.169. The molecule has 2 aromatic rings. The molecule has 0 unspecified atom stereocenters. The minimum atomic E-state index is -0.261. The minimum Gasteiger partial charge on any atom is -0.466 e. The van der Waals surface area contributed by atoms with E-state index in [9.17, 15) is 4.79 Å². The molecule has 146 valence electrons. The van der Waals surface area contributed by atoms with Crippen molar-refractivity contribution in [1.29, 1.82) is 0 Å². The van der Waals surface area contributed by atoms with Crippen molar-refractivity contribution < 1.29 is 9.53 Å². The van der Waals surface area contributed by atoms with Crippen LogP contribution in [0.2, 0.25) is 0 Å². The fourth-order valence-corrected chi connectivity index (χ4v) is 4.08. The van der Waals surface area contributed by atoms with Gasteiger partial charge in [-0.1, -0.05) is 44.4 Å². The number of hydrazone groups is 1. The fraction of sp³-hybridized carbons (Fsp3) is 0.450. The predicted molar refractivity (Wildman–Crippen MR) is 115 cm³/mol. The van der Waals surface area contributed by atoms with Gasteiger partial charge in [0, 0.05) is 15.8 Å². The molecule has 27 heavy (non-hydrogen) atoms. The molecule has 0 saturated carbocycles. The summed E-state index contributed by atoms with van der Waals surface area (Å²) in [5.41, 5.74) is 4.73. The minimum absolute atomic E-state index is 0.188. The molecule has 0 radical (unpaired) electrons. The first kappa shape index (κ1) is 21.4. The maximum absolute atomic E-state index is 11.5. The number of hydrogen-bond donors (Lipinski definition) is 1. The van der Waals surface area contributed by atoms with Crippen LogP contribution in [0.25, 0.3) is 0 Å². The number of carbonyl (C=O) groups excluding carboxylic acids is 1. The number of rotatable bonds is 12. The maximum Gasteiger partial charge on any atom is 0.311 e. The lowest BCUT2D eigenvalue weighted by Gasteiger charge is -2.05. The molecule has 1 N–H and O–H groups in total. The first-order valence-electron chi connectivity index (χ1n) is 9.33. The highest BCUT2D eigenvalue weighted by Crippen LogP contribution is 2.23. The normalized spacial score (nSPS) is 11.0. The summed E-state index contributed by atoms with van der Waals surface area (Å²) in [4.78, 5) is 17.1. The van der Waals surface area contributed by atoms with Gasteiger partial charge in [-0.05, 0) is 25.2 Å². The van der Waals surface area contributed by atoms with Crippen LogP contribution < -0.4 is 5.43 Å². The van der Waals surface area contributed by atoms with Crippen molar-refractivity contribution in [1.82, 2.24) is 4.98 Å². The number of nitrogens with one attached hydrogen (secondary N) is 1. The summed E-state index contributed by atoms with van der Waals surface area (Å²) in [6.45, 7) is 4.41. The van der Waals surface area contributed by atoms with E-state index in [4.69, 9.17) is 4.74 Å². The van der Waals surface area contributed by atoms with Crippen molar-refractivity contribution in [3.05, 3.63) is 40.9 Å². The highest BCUT2D eigenvalue weighted by Gasteiger charge is 2.08. The predicted octanol–water partition coefficient (Wildman–Crippen LogP) is 5.37. The Kier molecular flexibility index (Phi) is 9.94. The second kappa shape index (κ2) is 12.5. The third-order valence-corrected chi connectivity index (χ3v) is 5.69.